The minimum absolute atomic E-state index is 0.116. The van der Waals surface area contributed by atoms with Crippen LogP contribution in [0, 0.1) is 0 Å². The van der Waals surface area contributed by atoms with Crippen LogP contribution in [-0.2, 0) is 16.6 Å². The molecule has 4 nitrogen and oxygen atoms in total. The van der Waals surface area contributed by atoms with Crippen LogP contribution in [0.3, 0.4) is 0 Å². The highest BCUT2D eigenvalue weighted by molar-refractivity contribution is 5.67. The predicted molar refractivity (Wildman–Crippen MR) is 78.7 cm³/mol. The molecule has 0 saturated heterocycles. The monoisotopic (exact) mass is 272 g/mol. The van der Waals surface area contributed by atoms with Gasteiger partial charge in [-0.2, -0.15) is 0 Å². The third-order valence-corrected chi connectivity index (χ3v) is 3.26. The van der Waals surface area contributed by atoms with Crippen molar-refractivity contribution in [3.63, 3.8) is 0 Å². The molecule has 0 aliphatic rings. The Bertz CT molecular complexity index is 592. The number of aromatic amines is 1. The van der Waals surface area contributed by atoms with Gasteiger partial charge in [0.15, 0.2) is 0 Å². The van der Waals surface area contributed by atoms with Crippen LogP contribution in [0.15, 0.2) is 30.5 Å². The fourth-order valence-corrected chi connectivity index (χ4v) is 2.00. The SMILES string of the molecule is CC(C)(C)c1ccc(-c2ncc(CCC(=O)O)[nH]2)cc1. The molecule has 2 rings (SSSR count). The molecule has 4 heteroatoms. The standard InChI is InChI=1S/C16H20N2O2/c1-16(2,3)12-6-4-11(5-7-12)15-17-10-13(18-15)8-9-14(19)20/h4-7,10H,8-9H2,1-3H3,(H,17,18)(H,19,20). The van der Waals surface area contributed by atoms with E-state index in [0.717, 1.165) is 17.1 Å². The van der Waals surface area contributed by atoms with Crippen LogP contribution in [0.1, 0.15) is 38.4 Å². The predicted octanol–water partition coefficient (Wildman–Crippen LogP) is 3.39. The number of rotatable bonds is 4. The number of benzene rings is 1. The van der Waals surface area contributed by atoms with Gasteiger partial charge in [0, 0.05) is 17.5 Å². The van der Waals surface area contributed by atoms with Crippen molar-refractivity contribution in [2.24, 2.45) is 0 Å². The first kappa shape index (κ1) is 14.3. The van der Waals surface area contributed by atoms with E-state index in [1.165, 1.54) is 5.56 Å². The van der Waals surface area contributed by atoms with Gasteiger partial charge >= 0.3 is 5.97 Å². The molecule has 106 valence electrons. The van der Waals surface area contributed by atoms with E-state index in [-0.39, 0.29) is 11.8 Å². The Labute approximate surface area is 118 Å². The summed E-state index contributed by atoms with van der Waals surface area (Å²) in [6, 6.07) is 8.30. The molecule has 0 amide bonds. The van der Waals surface area contributed by atoms with Crippen molar-refractivity contribution in [3.05, 3.63) is 41.7 Å². The van der Waals surface area contributed by atoms with E-state index in [0.29, 0.717) is 6.42 Å². The van der Waals surface area contributed by atoms with Crippen LogP contribution in [0.5, 0.6) is 0 Å². The van der Waals surface area contributed by atoms with Gasteiger partial charge in [0.25, 0.3) is 0 Å². The van der Waals surface area contributed by atoms with Crippen molar-refractivity contribution in [1.29, 1.82) is 0 Å². The molecule has 0 radical (unpaired) electrons. The van der Waals surface area contributed by atoms with Crippen molar-refractivity contribution in [1.82, 2.24) is 9.97 Å². The third-order valence-electron chi connectivity index (χ3n) is 3.26. The molecule has 2 N–H and O–H groups in total. The van der Waals surface area contributed by atoms with Crippen molar-refractivity contribution in [3.8, 4) is 11.4 Å². The van der Waals surface area contributed by atoms with Crippen LogP contribution in [0.25, 0.3) is 11.4 Å². The lowest BCUT2D eigenvalue weighted by Gasteiger charge is -2.18. The van der Waals surface area contributed by atoms with E-state index in [2.05, 4.69) is 42.9 Å². The summed E-state index contributed by atoms with van der Waals surface area (Å²) in [4.78, 5) is 18.0. The van der Waals surface area contributed by atoms with Crippen LogP contribution in [0.2, 0.25) is 0 Å². The van der Waals surface area contributed by atoms with Crippen molar-refractivity contribution < 1.29 is 9.90 Å². The topological polar surface area (TPSA) is 66.0 Å². The van der Waals surface area contributed by atoms with Gasteiger partial charge in [-0.3, -0.25) is 4.79 Å². The maximum atomic E-state index is 10.5. The number of imidazole rings is 1. The van der Waals surface area contributed by atoms with Crippen molar-refractivity contribution in [2.75, 3.05) is 0 Å². The van der Waals surface area contributed by atoms with E-state index in [4.69, 9.17) is 5.11 Å². The lowest BCUT2D eigenvalue weighted by Crippen LogP contribution is -2.10. The Balaban J connectivity index is 2.14. The van der Waals surface area contributed by atoms with E-state index in [1.807, 2.05) is 12.1 Å². The number of aliphatic carboxylic acids is 1. The van der Waals surface area contributed by atoms with Gasteiger partial charge in [0.05, 0.1) is 6.42 Å². The van der Waals surface area contributed by atoms with E-state index >= 15 is 0 Å². The van der Waals surface area contributed by atoms with Crippen molar-refractivity contribution >= 4 is 5.97 Å². The van der Waals surface area contributed by atoms with Crippen LogP contribution < -0.4 is 0 Å². The molecule has 20 heavy (non-hydrogen) atoms. The number of carbonyl (C=O) groups is 1. The largest absolute Gasteiger partial charge is 0.481 e. The minimum Gasteiger partial charge on any atom is -0.481 e. The molecule has 0 atom stereocenters. The summed E-state index contributed by atoms with van der Waals surface area (Å²) in [5.41, 5.74) is 3.27. The molecular weight excluding hydrogens is 252 g/mol. The van der Waals surface area contributed by atoms with Gasteiger partial charge in [0.2, 0.25) is 0 Å². The molecule has 0 fully saturated rings. The zero-order valence-corrected chi connectivity index (χ0v) is 12.1. The fraction of sp³-hybridized carbons (Fsp3) is 0.375. The number of aromatic nitrogens is 2. The number of nitrogens with one attached hydrogen (secondary N) is 1. The molecule has 0 unspecified atom stereocenters. The summed E-state index contributed by atoms with van der Waals surface area (Å²) >= 11 is 0. The summed E-state index contributed by atoms with van der Waals surface area (Å²) < 4.78 is 0. The molecule has 0 spiro atoms. The highest BCUT2D eigenvalue weighted by Gasteiger charge is 2.13. The number of hydrogen-bond acceptors (Lipinski definition) is 2. The lowest BCUT2D eigenvalue weighted by molar-refractivity contribution is -0.136. The van der Waals surface area contributed by atoms with E-state index in [1.54, 1.807) is 6.20 Å². The molecular formula is C16H20N2O2. The van der Waals surface area contributed by atoms with Gasteiger partial charge in [-0.1, -0.05) is 45.0 Å². The summed E-state index contributed by atoms with van der Waals surface area (Å²) in [5.74, 6) is -0.0125. The maximum Gasteiger partial charge on any atom is 0.303 e. The Kier molecular flexibility index (Phi) is 3.93. The van der Waals surface area contributed by atoms with Gasteiger partial charge in [-0.05, 0) is 17.4 Å². The number of nitrogens with zero attached hydrogens (tertiary/aromatic N) is 1. The first-order valence-corrected chi connectivity index (χ1v) is 6.73. The highest BCUT2D eigenvalue weighted by atomic mass is 16.4. The zero-order valence-electron chi connectivity index (χ0n) is 12.1. The molecule has 1 heterocycles. The summed E-state index contributed by atoms with van der Waals surface area (Å²) in [6.07, 6.45) is 2.29. The van der Waals surface area contributed by atoms with Crippen LogP contribution in [0.4, 0.5) is 0 Å². The van der Waals surface area contributed by atoms with Gasteiger partial charge in [-0.15, -0.1) is 0 Å². The minimum atomic E-state index is -0.796. The second kappa shape index (κ2) is 5.49. The lowest BCUT2D eigenvalue weighted by atomic mass is 9.87. The molecule has 1 aromatic carbocycles. The molecule has 0 aliphatic carbocycles. The Morgan fingerprint density at radius 3 is 2.45 bits per heavy atom. The first-order chi connectivity index (χ1) is 9.36. The number of carboxylic acids is 1. The Hall–Kier alpha value is -2.10. The highest BCUT2D eigenvalue weighted by Crippen LogP contribution is 2.25. The first-order valence-electron chi connectivity index (χ1n) is 6.73. The fourth-order valence-electron chi connectivity index (χ4n) is 2.00. The van der Waals surface area contributed by atoms with Crippen LogP contribution in [-0.4, -0.2) is 21.0 Å². The maximum absolute atomic E-state index is 10.5. The molecule has 0 aliphatic heterocycles. The number of carboxylic acid groups (broad SMARTS) is 1. The Morgan fingerprint density at radius 2 is 1.90 bits per heavy atom. The second-order valence-corrected chi connectivity index (χ2v) is 5.98. The van der Waals surface area contributed by atoms with Crippen molar-refractivity contribution in [2.45, 2.75) is 39.0 Å². The summed E-state index contributed by atoms with van der Waals surface area (Å²) in [7, 11) is 0. The molecule has 1 aromatic heterocycles. The number of H-pyrrole nitrogens is 1. The second-order valence-electron chi connectivity index (χ2n) is 5.98. The van der Waals surface area contributed by atoms with Gasteiger partial charge in [-0.25, -0.2) is 4.98 Å². The third kappa shape index (κ3) is 3.47. The molecule has 0 bridgehead atoms. The van der Waals surface area contributed by atoms with E-state index in [9.17, 15) is 4.79 Å². The average molecular weight is 272 g/mol. The summed E-state index contributed by atoms with van der Waals surface area (Å²) in [5, 5.41) is 8.67. The Morgan fingerprint density at radius 1 is 1.25 bits per heavy atom. The number of aryl methyl sites for hydroxylation is 1. The zero-order chi connectivity index (χ0) is 14.8. The van der Waals surface area contributed by atoms with E-state index < -0.39 is 5.97 Å². The normalized spacial score (nSPS) is 11.6. The molecule has 0 saturated carbocycles. The summed E-state index contributed by atoms with van der Waals surface area (Å²) in [6.45, 7) is 6.54. The smallest absolute Gasteiger partial charge is 0.303 e. The van der Waals surface area contributed by atoms with Crippen LogP contribution >= 0.6 is 0 Å². The average Bonchev–Trinajstić information content (AvgIpc) is 2.84. The van der Waals surface area contributed by atoms with Gasteiger partial charge < -0.3 is 10.1 Å². The van der Waals surface area contributed by atoms with Gasteiger partial charge in [0.1, 0.15) is 5.82 Å². The number of hydrogen-bond donors (Lipinski definition) is 2. The quantitative estimate of drug-likeness (QED) is 0.896. The molecule has 2 aromatic rings.